The molecule has 2 aliphatic heterocycles. The highest BCUT2D eigenvalue weighted by molar-refractivity contribution is 6.20. The third-order valence-corrected chi connectivity index (χ3v) is 5.20. The molecule has 2 atom stereocenters. The topological polar surface area (TPSA) is 84.0 Å². The number of carbonyl (C=O) groups excluding carboxylic acids is 4. The van der Waals surface area contributed by atoms with Crippen LogP contribution in [-0.4, -0.2) is 47.3 Å². The van der Waals surface area contributed by atoms with Gasteiger partial charge in [0.1, 0.15) is 0 Å². The third kappa shape index (κ3) is 4.02. The molecule has 0 radical (unpaired) electrons. The second-order valence-electron chi connectivity index (χ2n) is 7.18. The molecular weight excluding hydrogens is 348 g/mol. The van der Waals surface area contributed by atoms with E-state index in [1.807, 2.05) is 13.8 Å². The normalized spacial score (nSPS) is 22.9. The van der Waals surface area contributed by atoms with Gasteiger partial charge >= 0.3 is 5.97 Å². The van der Waals surface area contributed by atoms with Gasteiger partial charge in [0.2, 0.25) is 11.8 Å². The Bertz CT molecular complexity index is 749. The summed E-state index contributed by atoms with van der Waals surface area (Å²) in [5.41, 5.74) is 0.550. The zero-order valence-electron chi connectivity index (χ0n) is 15.6. The Kier molecular flexibility index (Phi) is 5.58. The predicted octanol–water partition coefficient (Wildman–Crippen LogP) is 2.29. The smallest absolute Gasteiger partial charge is 0.338 e. The van der Waals surface area contributed by atoms with Crippen LogP contribution >= 0.6 is 0 Å². The standard InChI is InChI=1S/C20H24N2O5/c1-13-5-3-6-14(2)21(13)19(25)12-27-20(26)15-7-4-8-16(11-15)22-17(23)9-10-18(22)24/h4,7-8,11,13-14H,3,5-6,9-10,12H2,1-2H3/t13-,14-/m0/s1. The lowest BCUT2D eigenvalue weighted by Crippen LogP contribution is -2.49. The Morgan fingerprint density at radius 2 is 1.70 bits per heavy atom. The average molecular weight is 372 g/mol. The number of hydrogen-bond acceptors (Lipinski definition) is 5. The highest BCUT2D eigenvalue weighted by atomic mass is 16.5. The fraction of sp³-hybridized carbons (Fsp3) is 0.500. The van der Waals surface area contributed by atoms with E-state index in [2.05, 4.69) is 0 Å². The Morgan fingerprint density at radius 3 is 2.33 bits per heavy atom. The Morgan fingerprint density at radius 1 is 1.07 bits per heavy atom. The van der Waals surface area contributed by atoms with Crippen molar-refractivity contribution in [1.82, 2.24) is 4.90 Å². The van der Waals surface area contributed by atoms with Gasteiger partial charge in [-0.2, -0.15) is 0 Å². The van der Waals surface area contributed by atoms with Crippen LogP contribution in [0.3, 0.4) is 0 Å². The van der Waals surface area contributed by atoms with Crippen LogP contribution < -0.4 is 4.90 Å². The number of nitrogens with zero attached hydrogens (tertiary/aromatic N) is 2. The summed E-state index contributed by atoms with van der Waals surface area (Å²) >= 11 is 0. The number of imide groups is 1. The van der Waals surface area contributed by atoms with Gasteiger partial charge in [0.05, 0.1) is 11.3 Å². The zero-order chi connectivity index (χ0) is 19.6. The fourth-order valence-corrected chi connectivity index (χ4v) is 3.83. The van der Waals surface area contributed by atoms with Crippen LogP contribution in [0.1, 0.15) is 56.3 Å². The highest BCUT2D eigenvalue weighted by Gasteiger charge is 2.31. The molecule has 7 nitrogen and oxygen atoms in total. The molecule has 7 heteroatoms. The summed E-state index contributed by atoms with van der Waals surface area (Å²) in [6.45, 7) is 3.69. The molecule has 1 aromatic carbocycles. The van der Waals surface area contributed by atoms with E-state index < -0.39 is 5.97 Å². The summed E-state index contributed by atoms with van der Waals surface area (Å²) < 4.78 is 5.19. The SMILES string of the molecule is C[C@H]1CCC[C@H](C)N1C(=O)COC(=O)c1cccc(N2C(=O)CCC2=O)c1. The van der Waals surface area contributed by atoms with Gasteiger partial charge in [-0.05, 0) is 51.3 Å². The van der Waals surface area contributed by atoms with E-state index in [-0.39, 0.29) is 54.8 Å². The van der Waals surface area contributed by atoms with Crippen LogP contribution in [0.4, 0.5) is 5.69 Å². The number of carbonyl (C=O) groups is 4. The first kappa shape index (κ1) is 19.1. The van der Waals surface area contributed by atoms with Gasteiger partial charge in [-0.3, -0.25) is 19.3 Å². The lowest BCUT2D eigenvalue weighted by molar-refractivity contribution is -0.140. The molecule has 0 spiro atoms. The molecule has 2 saturated heterocycles. The van der Waals surface area contributed by atoms with E-state index in [0.29, 0.717) is 5.69 Å². The third-order valence-electron chi connectivity index (χ3n) is 5.20. The minimum Gasteiger partial charge on any atom is -0.452 e. The summed E-state index contributed by atoms with van der Waals surface area (Å²) in [4.78, 5) is 51.4. The van der Waals surface area contributed by atoms with Crippen LogP contribution in [0.25, 0.3) is 0 Å². The molecule has 2 fully saturated rings. The highest BCUT2D eigenvalue weighted by Crippen LogP contribution is 2.24. The molecule has 27 heavy (non-hydrogen) atoms. The first-order valence-electron chi connectivity index (χ1n) is 9.32. The molecule has 2 aliphatic rings. The van der Waals surface area contributed by atoms with E-state index in [9.17, 15) is 19.2 Å². The summed E-state index contributed by atoms with van der Waals surface area (Å²) in [5, 5.41) is 0. The maximum Gasteiger partial charge on any atom is 0.338 e. The van der Waals surface area contributed by atoms with Gasteiger partial charge in [-0.25, -0.2) is 4.79 Å². The first-order valence-corrected chi connectivity index (χ1v) is 9.32. The Labute approximate surface area is 158 Å². The number of amides is 3. The monoisotopic (exact) mass is 372 g/mol. The lowest BCUT2D eigenvalue weighted by Gasteiger charge is -2.38. The van der Waals surface area contributed by atoms with Gasteiger partial charge in [-0.15, -0.1) is 0 Å². The van der Waals surface area contributed by atoms with Crippen molar-refractivity contribution in [2.75, 3.05) is 11.5 Å². The van der Waals surface area contributed by atoms with E-state index in [1.54, 1.807) is 17.0 Å². The van der Waals surface area contributed by atoms with Gasteiger partial charge in [0, 0.05) is 24.9 Å². The van der Waals surface area contributed by atoms with E-state index in [4.69, 9.17) is 4.74 Å². The molecule has 2 heterocycles. The van der Waals surface area contributed by atoms with Gasteiger partial charge < -0.3 is 9.64 Å². The number of likely N-dealkylation sites (tertiary alicyclic amines) is 1. The molecule has 0 N–H and O–H groups in total. The average Bonchev–Trinajstić information content (AvgIpc) is 2.98. The summed E-state index contributed by atoms with van der Waals surface area (Å²) in [5.74, 6) is -1.42. The summed E-state index contributed by atoms with van der Waals surface area (Å²) in [7, 11) is 0. The van der Waals surface area contributed by atoms with Crippen molar-refractivity contribution in [2.24, 2.45) is 0 Å². The number of anilines is 1. The molecule has 0 aromatic heterocycles. The largest absolute Gasteiger partial charge is 0.452 e. The molecule has 0 bridgehead atoms. The van der Waals surface area contributed by atoms with Crippen LogP contribution in [-0.2, 0) is 19.1 Å². The molecular formula is C20H24N2O5. The van der Waals surface area contributed by atoms with Crippen LogP contribution in [0, 0.1) is 0 Å². The second-order valence-corrected chi connectivity index (χ2v) is 7.18. The number of rotatable bonds is 4. The van der Waals surface area contributed by atoms with E-state index in [1.165, 1.54) is 12.1 Å². The maximum atomic E-state index is 12.5. The van der Waals surface area contributed by atoms with Gasteiger partial charge in [0.15, 0.2) is 6.61 Å². The van der Waals surface area contributed by atoms with Crippen LogP contribution in [0.2, 0.25) is 0 Å². The predicted molar refractivity (Wildman–Crippen MR) is 98.1 cm³/mol. The first-order chi connectivity index (χ1) is 12.9. The lowest BCUT2D eigenvalue weighted by atomic mass is 9.97. The van der Waals surface area contributed by atoms with Crippen molar-refractivity contribution in [2.45, 2.75) is 58.0 Å². The number of ether oxygens (including phenoxy) is 1. The van der Waals surface area contributed by atoms with Gasteiger partial charge in [0.25, 0.3) is 5.91 Å². The van der Waals surface area contributed by atoms with Crippen molar-refractivity contribution >= 4 is 29.4 Å². The van der Waals surface area contributed by atoms with Crippen molar-refractivity contribution in [3.63, 3.8) is 0 Å². The van der Waals surface area contributed by atoms with Crippen molar-refractivity contribution in [3.8, 4) is 0 Å². The van der Waals surface area contributed by atoms with Gasteiger partial charge in [-0.1, -0.05) is 6.07 Å². The number of piperidine rings is 1. The number of esters is 1. The van der Waals surface area contributed by atoms with E-state index >= 15 is 0 Å². The molecule has 3 rings (SSSR count). The molecule has 1 aromatic rings. The minimum atomic E-state index is -0.651. The maximum absolute atomic E-state index is 12.5. The molecule has 0 unspecified atom stereocenters. The molecule has 0 saturated carbocycles. The molecule has 144 valence electrons. The molecule has 3 amide bonds. The fourth-order valence-electron chi connectivity index (χ4n) is 3.83. The van der Waals surface area contributed by atoms with Crippen molar-refractivity contribution < 1.29 is 23.9 Å². The van der Waals surface area contributed by atoms with Crippen molar-refractivity contribution in [1.29, 1.82) is 0 Å². The quantitative estimate of drug-likeness (QED) is 0.598. The zero-order valence-corrected chi connectivity index (χ0v) is 15.6. The number of benzene rings is 1. The number of hydrogen-bond donors (Lipinski definition) is 0. The summed E-state index contributed by atoms with van der Waals surface area (Å²) in [6, 6.07) is 6.43. The minimum absolute atomic E-state index is 0.135. The van der Waals surface area contributed by atoms with Crippen LogP contribution in [0.5, 0.6) is 0 Å². The summed E-state index contributed by atoms with van der Waals surface area (Å²) in [6.07, 6.45) is 3.34. The second kappa shape index (κ2) is 7.90. The Hall–Kier alpha value is -2.70. The van der Waals surface area contributed by atoms with E-state index in [0.717, 1.165) is 24.2 Å². The Balaban J connectivity index is 1.65. The van der Waals surface area contributed by atoms with Crippen molar-refractivity contribution in [3.05, 3.63) is 29.8 Å². The van der Waals surface area contributed by atoms with Crippen LogP contribution in [0.15, 0.2) is 24.3 Å². The molecule has 0 aliphatic carbocycles.